The normalized spacial score (nSPS) is 13.8. The lowest BCUT2D eigenvalue weighted by atomic mass is 9.92. The molecule has 3 nitrogen and oxygen atoms in total. The summed E-state index contributed by atoms with van der Waals surface area (Å²) in [6, 6.07) is 19.8. The predicted molar refractivity (Wildman–Crippen MR) is 114 cm³/mol. The Morgan fingerprint density at radius 3 is 2.14 bits per heavy atom. The number of rotatable bonds is 3. The molecular weight excluding hydrogens is 415 g/mol. The molecule has 3 aromatic carbocycles. The van der Waals surface area contributed by atoms with E-state index in [9.17, 15) is 8.42 Å². The highest BCUT2D eigenvalue weighted by Crippen LogP contribution is 2.43. The maximum Gasteiger partial charge on any atom is 0.175 e. The highest BCUT2D eigenvalue weighted by atomic mass is 35.5. The Kier molecular flexibility index (Phi) is 4.96. The fraction of sp³-hybridized carbons (Fsp3) is 0.0909. The molecule has 0 aliphatic carbocycles. The Labute approximate surface area is 174 Å². The average molecular weight is 431 g/mol. The molecule has 1 aliphatic rings. The number of allylic oxidation sites excluding steroid dienone is 1. The van der Waals surface area contributed by atoms with Gasteiger partial charge in [0.05, 0.1) is 4.90 Å². The Balaban J connectivity index is 1.92. The Hall–Kier alpha value is -2.27. The highest BCUT2D eigenvalue weighted by Gasteiger charge is 2.25. The lowest BCUT2D eigenvalue weighted by Crippen LogP contribution is -2.10. The molecule has 28 heavy (non-hydrogen) atoms. The standard InChI is InChI=1S/C22H16Cl2O3S/c1-28(25,26)16-11-9-14(10-12-16)22-17(21-18(23)6-4-7-19(21)24)13-15-5-2-3-8-20(15)27-22/h2-12H,13H2,1H3. The SMILES string of the molecule is CS(=O)(=O)c1ccc(C2=C(c3c(Cl)cccc3Cl)Cc3ccccc3O2)cc1. The molecule has 0 aromatic heterocycles. The highest BCUT2D eigenvalue weighted by molar-refractivity contribution is 7.90. The number of fused-ring (bicyclic) bond motifs is 1. The van der Waals surface area contributed by atoms with Crippen LogP contribution in [0.15, 0.2) is 71.6 Å². The zero-order chi connectivity index (χ0) is 19.9. The van der Waals surface area contributed by atoms with Gasteiger partial charge in [-0.05, 0) is 48.0 Å². The van der Waals surface area contributed by atoms with Gasteiger partial charge in [-0.15, -0.1) is 0 Å². The molecular formula is C22H16Cl2O3S. The maximum atomic E-state index is 11.8. The summed E-state index contributed by atoms with van der Waals surface area (Å²) in [4.78, 5) is 0.255. The van der Waals surface area contributed by atoms with Gasteiger partial charge >= 0.3 is 0 Å². The van der Waals surface area contributed by atoms with Crippen LogP contribution in [0.3, 0.4) is 0 Å². The molecule has 3 aromatic rings. The van der Waals surface area contributed by atoms with Crippen molar-refractivity contribution in [3.05, 3.63) is 93.5 Å². The van der Waals surface area contributed by atoms with Crippen LogP contribution in [0.5, 0.6) is 5.75 Å². The van der Waals surface area contributed by atoms with E-state index in [-0.39, 0.29) is 4.90 Å². The van der Waals surface area contributed by atoms with Crippen molar-refractivity contribution in [3.63, 3.8) is 0 Å². The molecule has 0 N–H and O–H groups in total. The van der Waals surface area contributed by atoms with Crippen molar-refractivity contribution in [2.24, 2.45) is 0 Å². The van der Waals surface area contributed by atoms with Crippen molar-refractivity contribution >= 4 is 44.4 Å². The average Bonchev–Trinajstić information content (AvgIpc) is 2.67. The quantitative estimate of drug-likeness (QED) is 0.519. The van der Waals surface area contributed by atoms with Crippen LogP contribution < -0.4 is 4.74 Å². The smallest absolute Gasteiger partial charge is 0.175 e. The van der Waals surface area contributed by atoms with E-state index >= 15 is 0 Å². The van der Waals surface area contributed by atoms with Gasteiger partial charge in [0.2, 0.25) is 0 Å². The summed E-state index contributed by atoms with van der Waals surface area (Å²) in [5, 5.41) is 1.08. The van der Waals surface area contributed by atoms with Crippen LogP contribution in [-0.4, -0.2) is 14.7 Å². The number of ether oxygens (including phenoxy) is 1. The van der Waals surface area contributed by atoms with Gasteiger partial charge in [-0.3, -0.25) is 0 Å². The number of halogens is 2. The van der Waals surface area contributed by atoms with Gasteiger partial charge in [-0.25, -0.2) is 8.42 Å². The van der Waals surface area contributed by atoms with Crippen LogP contribution in [0, 0.1) is 0 Å². The summed E-state index contributed by atoms with van der Waals surface area (Å²) in [6.45, 7) is 0. The lowest BCUT2D eigenvalue weighted by molar-refractivity contribution is 0.502. The summed E-state index contributed by atoms with van der Waals surface area (Å²) in [5.74, 6) is 1.38. The van der Waals surface area contributed by atoms with E-state index in [4.69, 9.17) is 27.9 Å². The third kappa shape index (κ3) is 3.55. The molecule has 142 valence electrons. The van der Waals surface area contributed by atoms with E-state index < -0.39 is 9.84 Å². The number of para-hydroxylation sites is 1. The summed E-state index contributed by atoms with van der Waals surface area (Å²) >= 11 is 12.9. The monoisotopic (exact) mass is 430 g/mol. The molecule has 4 rings (SSSR count). The second kappa shape index (κ2) is 7.28. The largest absolute Gasteiger partial charge is 0.456 e. The summed E-state index contributed by atoms with van der Waals surface area (Å²) < 4.78 is 29.8. The first-order valence-electron chi connectivity index (χ1n) is 8.58. The first-order valence-corrected chi connectivity index (χ1v) is 11.2. The lowest BCUT2D eigenvalue weighted by Gasteiger charge is -2.25. The molecule has 0 radical (unpaired) electrons. The molecule has 1 heterocycles. The van der Waals surface area contributed by atoms with Crippen molar-refractivity contribution in [1.29, 1.82) is 0 Å². The molecule has 0 atom stereocenters. The van der Waals surface area contributed by atoms with Crippen molar-refractivity contribution in [1.82, 2.24) is 0 Å². The van der Waals surface area contributed by atoms with Crippen molar-refractivity contribution < 1.29 is 13.2 Å². The van der Waals surface area contributed by atoms with Gasteiger partial charge < -0.3 is 4.74 Å². The number of sulfone groups is 1. The molecule has 0 fully saturated rings. The van der Waals surface area contributed by atoms with Crippen LogP contribution in [0.2, 0.25) is 10.0 Å². The molecule has 0 amide bonds. The summed E-state index contributed by atoms with van der Waals surface area (Å²) in [6.07, 6.45) is 1.78. The van der Waals surface area contributed by atoms with Gasteiger partial charge in [0.25, 0.3) is 0 Å². The number of hydrogen-bond acceptors (Lipinski definition) is 3. The summed E-state index contributed by atoms with van der Waals surface area (Å²) in [7, 11) is -3.28. The van der Waals surface area contributed by atoms with Crippen molar-refractivity contribution in [3.8, 4) is 5.75 Å². The van der Waals surface area contributed by atoms with Crippen LogP contribution in [0.4, 0.5) is 0 Å². The maximum absolute atomic E-state index is 11.8. The Morgan fingerprint density at radius 1 is 0.857 bits per heavy atom. The predicted octanol–water partition coefficient (Wildman–Crippen LogP) is 5.90. The van der Waals surface area contributed by atoms with E-state index in [1.807, 2.05) is 24.3 Å². The Bertz CT molecular complexity index is 1180. The number of benzene rings is 3. The van der Waals surface area contributed by atoms with E-state index in [1.165, 1.54) is 6.26 Å². The van der Waals surface area contributed by atoms with Crippen LogP contribution in [0.1, 0.15) is 16.7 Å². The second-order valence-corrected chi connectivity index (χ2v) is 9.42. The minimum atomic E-state index is -3.28. The molecule has 0 bridgehead atoms. The third-order valence-electron chi connectivity index (χ3n) is 4.64. The minimum Gasteiger partial charge on any atom is -0.456 e. The van der Waals surface area contributed by atoms with Crippen LogP contribution in [0.25, 0.3) is 11.3 Å². The molecule has 0 saturated carbocycles. The minimum absolute atomic E-state index is 0.255. The Morgan fingerprint density at radius 2 is 1.50 bits per heavy atom. The molecule has 6 heteroatoms. The van der Waals surface area contributed by atoms with Crippen LogP contribution >= 0.6 is 23.2 Å². The van der Waals surface area contributed by atoms with Gasteiger partial charge in [0, 0.05) is 39.4 Å². The van der Waals surface area contributed by atoms with Crippen LogP contribution in [-0.2, 0) is 16.3 Å². The van der Waals surface area contributed by atoms with E-state index in [1.54, 1.807) is 42.5 Å². The topological polar surface area (TPSA) is 43.4 Å². The molecule has 0 unspecified atom stereocenters. The third-order valence-corrected chi connectivity index (χ3v) is 6.39. The van der Waals surface area contributed by atoms with Crippen molar-refractivity contribution in [2.45, 2.75) is 11.3 Å². The first kappa shape index (κ1) is 19.1. The zero-order valence-electron chi connectivity index (χ0n) is 14.9. The van der Waals surface area contributed by atoms with E-state index in [0.717, 1.165) is 28.0 Å². The van der Waals surface area contributed by atoms with Crippen molar-refractivity contribution in [2.75, 3.05) is 6.26 Å². The van der Waals surface area contributed by atoms with Gasteiger partial charge in [-0.1, -0.05) is 47.5 Å². The molecule has 0 saturated heterocycles. The molecule has 1 aliphatic heterocycles. The number of hydrogen-bond donors (Lipinski definition) is 0. The van der Waals surface area contributed by atoms with Gasteiger partial charge in [0.1, 0.15) is 11.5 Å². The fourth-order valence-corrected chi connectivity index (χ4v) is 4.52. The summed E-state index contributed by atoms with van der Waals surface area (Å²) in [5.41, 5.74) is 3.38. The first-order chi connectivity index (χ1) is 13.3. The van der Waals surface area contributed by atoms with E-state index in [0.29, 0.717) is 22.2 Å². The van der Waals surface area contributed by atoms with Gasteiger partial charge in [0.15, 0.2) is 9.84 Å². The van der Waals surface area contributed by atoms with Gasteiger partial charge in [-0.2, -0.15) is 0 Å². The zero-order valence-corrected chi connectivity index (χ0v) is 17.3. The second-order valence-electron chi connectivity index (χ2n) is 6.59. The fourth-order valence-electron chi connectivity index (χ4n) is 3.27. The van der Waals surface area contributed by atoms with E-state index in [2.05, 4.69) is 0 Å². The molecule has 0 spiro atoms.